The van der Waals surface area contributed by atoms with E-state index in [-0.39, 0.29) is 29.7 Å². The van der Waals surface area contributed by atoms with Gasteiger partial charge in [-0.1, -0.05) is 24.6 Å². The van der Waals surface area contributed by atoms with E-state index >= 15 is 0 Å². The van der Waals surface area contributed by atoms with Crippen molar-refractivity contribution < 1.29 is 14.4 Å². The second-order valence-corrected chi connectivity index (χ2v) is 9.58. The van der Waals surface area contributed by atoms with Crippen LogP contribution >= 0.6 is 0 Å². The molecular weight excluding hydrogens is 378 g/mol. The molecule has 1 spiro atoms. The topological polar surface area (TPSA) is 60.9 Å². The van der Waals surface area contributed by atoms with Gasteiger partial charge in [0.15, 0.2) is 0 Å². The Balaban J connectivity index is 1.75. The number of likely N-dealkylation sites (tertiary alicyclic amines) is 1. The highest BCUT2D eigenvalue weighted by molar-refractivity contribution is 6.02. The average molecular weight is 412 g/mol. The summed E-state index contributed by atoms with van der Waals surface area (Å²) < 4.78 is 0. The maximum atomic E-state index is 13.6. The zero-order valence-electron chi connectivity index (χ0n) is 18.6. The van der Waals surface area contributed by atoms with Crippen molar-refractivity contribution in [3.8, 4) is 0 Å². The number of nitrogens with zero attached hydrogens (tertiary/aromatic N) is 3. The zero-order chi connectivity index (χ0) is 21.6. The molecule has 30 heavy (non-hydrogen) atoms. The number of piperidine rings is 1. The molecule has 1 unspecified atom stereocenters. The fourth-order valence-corrected chi connectivity index (χ4v) is 5.63. The number of likely N-dealkylation sites (N-methyl/N-ethyl adjacent to an activating group) is 1. The highest BCUT2D eigenvalue weighted by Crippen LogP contribution is 2.49. The fourth-order valence-electron chi connectivity index (χ4n) is 5.63. The summed E-state index contributed by atoms with van der Waals surface area (Å²) in [6.07, 6.45) is 4.39. The molecule has 2 heterocycles. The van der Waals surface area contributed by atoms with Crippen LogP contribution < -0.4 is 0 Å². The maximum Gasteiger partial charge on any atom is 0.254 e. The van der Waals surface area contributed by atoms with Gasteiger partial charge in [0.2, 0.25) is 11.8 Å². The molecular formula is C24H33N3O3. The third kappa shape index (κ3) is 3.12. The summed E-state index contributed by atoms with van der Waals surface area (Å²) >= 11 is 0. The third-order valence-corrected chi connectivity index (χ3v) is 7.34. The van der Waals surface area contributed by atoms with Crippen molar-refractivity contribution in [1.82, 2.24) is 14.7 Å². The molecule has 1 aliphatic carbocycles. The molecule has 1 aromatic rings. The third-order valence-electron chi connectivity index (χ3n) is 7.34. The summed E-state index contributed by atoms with van der Waals surface area (Å²) in [7, 11) is 3.56. The maximum absolute atomic E-state index is 13.6. The number of benzene rings is 1. The minimum Gasteiger partial charge on any atom is -0.348 e. The number of rotatable bonds is 3. The first-order chi connectivity index (χ1) is 14.3. The molecule has 3 amide bonds. The zero-order valence-corrected chi connectivity index (χ0v) is 18.6. The smallest absolute Gasteiger partial charge is 0.254 e. The molecule has 6 nitrogen and oxygen atoms in total. The Morgan fingerprint density at radius 3 is 2.27 bits per heavy atom. The Labute approximate surface area is 179 Å². The summed E-state index contributed by atoms with van der Waals surface area (Å²) in [6.45, 7) is 5.25. The quantitative estimate of drug-likeness (QED) is 0.768. The van der Waals surface area contributed by atoms with Crippen LogP contribution in [0.15, 0.2) is 24.3 Å². The first kappa shape index (κ1) is 20.9. The van der Waals surface area contributed by atoms with Gasteiger partial charge in [-0.3, -0.25) is 14.4 Å². The van der Waals surface area contributed by atoms with Crippen molar-refractivity contribution in [2.75, 3.05) is 27.2 Å². The van der Waals surface area contributed by atoms with Crippen molar-refractivity contribution in [2.45, 2.75) is 63.5 Å². The Bertz CT molecular complexity index is 851. The van der Waals surface area contributed by atoms with E-state index in [0.29, 0.717) is 31.5 Å². The summed E-state index contributed by atoms with van der Waals surface area (Å²) in [5, 5.41) is 0. The lowest BCUT2D eigenvalue weighted by Gasteiger charge is -2.57. The number of hydrogen-bond acceptors (Lipinski definition) is 3. The average Bonchev–Trinajstić information content (AvgIpc) is 2.66. The summed E-state index contributed by atoms with van der Waals surface area (Å²) in [6, 6.07) is 7.52. The van der Waals surface area contributed by atoms with E-state index in [0.717, 1.165) is 24.8 Å². The van der Waals surface area contributed by atoms with Crippen LogP contribution in [0.1, 0.15) is 67.8 Å². The number of carbonyl (C=O) groups is 3. The van der Waals surface area contributed by atoms with Crippen molar-refractivity contribution in [2.24, 2.45) is 5.92 Å². The molecule has 0 N–H and O–H groups in total. The monoisotopic (exact) mass is 411 g/mol. The van der Waals surface area contributed by atoms with Crippen molar-refractivity contribution in [3.05, 3.63) is 35.4 Å². The second kappa shape index (κ2) is 7.71. The lowest BCUT2D eigenvalue weighted by atomic mass is 9.66. The molecule has 1 saturated heterocycles. The number of fused-ring (bicyclic) bond motifs is 1. The van der Waals surface area contributed by atoms with Gasteiger partial charge in [0, 0.05) is 44.7 Å². The molecule has 0 bridgehead atoms. The summed E-state index contributed by atoms with van der Waals surface area (Å²) in [5.74, 6) is 0.0460. The molecule has 2 aliphatic heterocycles. The molecule has 4 rings (SSSR count). The van der Waals surface area contributed by atoms with E-state index in [9.17, 15) is 14.4 Å². The van der Waals surface area contributed by atoms with Crippen LogP contribution in [0.3, 0.4) is 0 Å². The predicted octanol–water partition coefficient (Wildman–Crippen LogP) is 2.88. The van der Waals surface area contributed by atoms with E-state index < -0.39 is 11.5 Å². The predicted molar refractivity (Wildman–Crippen MR) is 115 cm³/mol. The van der Waals surface area contributed by atoms with E-state index in [1.54, 1.807) is 19.0 Å². The van der Waals surface area contributed by atoms with Crippen LogP contribution in [0, 0.1) is 5.92 Å². The number of hydrogen-bond donors (Lipinski definition) is 0. The van der Waals surface area contributed by atoms with Crippen LogP contribution in [0.4, 0.5) is 0 Å². The lowest BCUT2D eigenvalue weighted by Crippen LogP contribution is -2.67. The van der Waals surface area contributed by atoms with Gasteiger partial charge in [0.25, 0.3) is 5.91 Å². The number of amides is 3. The van der Waals surface area contributed by atoms with Gasteiger partial charge in [-0.15, -0.1) is 0 Å². The highest BCUT2D eigenvalue weighted by Gasteiger charge is 2.56. The van der Waals surface area contributed by atoms with Gasteiger partial charge in [-0.25, -0.2) is 0 Å². The van der Waals surface area contributed by atoms with Crippen LogP contribution in [-0.2, 0) is 9.59 Å². The number of carbonyl (C=O) groups excluding carboxylic acids is 3. The van der Waals surface area contributed by atoms with Crippen LogP contribution in [0.5, 0.6) is 0 Å². The van der Waals surface area contributed by atoms with Crippen LogP contribution in [0.25, 0.3) is 0 Å². The lowest BCUT2D eigenvalue weighted by molar-refractivity contribution is -0.143. The summed E-state index contributed by atoms with van der Waals surface area (Å²) in [4.78, 5) is 45.4. The molecule has 0 radical (unpaired) electrons. The van der Waals surface area contributed by atoms with Gasteiger partial charge in [0.05, 0.1) is 11.5 Å². The fraction of sp³-hybridized carbons (Fsp3) is 0.625. The molecule has 2 fully saturated rings. The van der Waals surface area contributed by atoms with Crippen LogP contribution in [0.2, 0.25) is 0 Å². The van der Waals surface area contributed by atoms with E-state index in [1.165, 1.54) is 0 Å². The van der Waals surface area contributed by atoms with E-state index in [2.05, 4.69) is 0 Å². The first-order valence-electron chi connectivity index (χ1n) is 11.2. The molecule has 1 aromatic carbocycles. The minimum absolute atomic E-state index is 0.00201. The molecule has 162 valence electrons. The Morgan fingerprint density at radius 1 is 1.10 bits per heavy atom. The first-order valence-corrected chi connectivity index (χ1v) is 11.2. The molecule has 0 aromatic heterocycles. The van der Waals surface area contributed by atoms with E-state index in [4.69, 9.17) is 0 Å². The summed E-state index contributed by atoms with van der Waals surface area (Å²) in [5.41, 5.74) is 0.860. The highest BCUT2D eigenvalue weighted by atomic mass is 16.2. The van der Waals surface area contributed by atoms with Crippen molar-refractivity contribution in [1.29, 1.82) is 0 Å². The van der Waals surface area contributed by atoms with Gasteiger partial charge in [0.1, 0.15) is 0 Å². The molecule has 3 aliphatic rings. The molecule has 6 heteroatoms. The standard InChI is InChI=1S/C24H33N3O3/c1-16(2)27-22(29)19-11-6-5-10-18(19)20(23(30)25(3)4)24(27)12-14-26(15-13-24)21(28)17-8-7-9-17/h5-6,10-11,16-17,20H,7-9,12-15H2,1-4H3. The van der Waals surface area contributed by atoms with Gasteiger partial charge < -0.3 is 14.7 Å². The van der Waals surface area contributed by atoms with Crippen molar-refractivity contribution in [3.63, 3.8) is 0 Å². The Hall–Kier alpha value is -2.37. The van der Waals surface area contributed by atoms with Crippen LogP contribution in [-0.4, -0.2) is 71.2 Å². The van der Waals surface area contributed by atoms with Gasteiger partial charge >= 0.3 is 0 Å². The Morgan fingerprint density at radius 2 is 1.73 bits per heavy atom. The SMILES string of the molecule is CC(C)N1C(=O)c2ccccc2C(C(=O)N(C)C)C12CCN(C(=O)C1CCC1)CC2. The van der Waals surface area contributed by atoms with Gasteiger partial charge in [-0.05, 0) is 51.2 Å². The normalized spacial score (nSPS) is 23.4. The van der Waals surface area contributed by atoms with E-state index in [1.807, 2.05) is 47.9 Å². The molecule has 1 atom stereocenters. The van der Waals surface area contributed by atoms with Crippen molar-refractivity contribution >= 4 is 17.7 Å². The second-order valence-electron chi connectivity index (χ2n) is 9.58. The molecule has 1 saturated carbocycles. The largest absolute Gasteiger partial charge is 0.348 e. The Kier molecular flexibility index (Phi) is 5.37. The van der Waals surface area contributed by atoms with Gasteiger partial charge in [-0.2, -0.15) is 0 Å². The minimum atomic E-state index is -0.600.